The second-order valence-electron chi connectivity index (χ2n) is 6.26. The van der Waals surface area contributed by atoms with Crippen LogP contribution in [0.4, 0.5) is 0 Å². The summed E-state index contributed by atoms with van der Waals surface area (Å²) < 4.78 is 0. The van der Waals surface area contributed by atoms with Crippen molar-refractivity contribution in [1.29, 1.82) is 0 Å². The second kappa shape index (κ2) is 9.13. The number of likely N-dealkylation sites (N-methyl/N-ethyl adjacent to an activating group) is 1. The SMILES string of the molecule is CC(C(=O)N(CCN(C)C)Cc1ccccc1)C1CNC1.Cl. The van der Waals surface area contributed by atoms with Gasteiger partial charge in [0, 0.05) is 25.6 Å². The maximum Gasteiger partial charge on any atom is 0.226 e. The van der Waals surface area contributed by atoms with Crippen LogP contribution >= 0.6 is 12.4 Å². The highest BCUT2D eigenvalue weighted by atomic mass is 35.5. The van der Waals surface area contributed by atoms with Gasteiger partial charge in [-0.1, -0.05) is 37.3 Å². The van der Waals surface area contributed by atoms with Crippen molar-refractivity contribution in [3.63, 3.8) is 0 Å². The molecule has 22 heavy (non-hydrogen) atoms. The molecule has 1 heterocycles. The Balaban J connectivity index is 0.00000242. The standard InChI is InChI=1S/C17H27N3O.ClH/c1-14(16-11-18-12-16)17(21)20(10-9-19(2)3)13-15-7-5-4-6-8-15;/h4-8,14,16,18H,9-13H2,1-3H3;1H. The van der Waals surface area contributed by atoms with Gasteiger partial charge in [-0.15, -0.1) is 12.4 Å². The van der Waals surface area contributed by atoms with Gasteiger partial charge in [-0.25, -0.2) is 0 Å². The van der Waals surface area contributed by atoms with Crippen molar-refractivity contribution < 1.29 is 4.79 Å². The van der Waals surface area contributed by atoms with Crippen LogP contribution in [0.1, 0.15) is 12.5 Å². The van der Waals surface area contributed by atoms with E-state index in [0.29, 0.717) is 12.5 Å². The molecular formula is C17H28ClN3O. The van der Waals surface area contributed by atoms with Crippen LogP contribution in [0.2, 0.25) is 0 Å². The topological polar surface area (TPSA) is 35.6 Å². The number of hydrogen-bond acceptors (Lipinski definition) is 3. The zero-order valence-electron chi connectivity index (χ0n) is 13.8. The third-order valence-electron chi connectivity index (χ3n) is 4.25. The molecule has 0 aliphatic carbocycles. The lowest BCUT2D eigenvalue weighted by atomic mass is 9.88. The molecule has 0 radical (unpaired) electrons. The van der Waals surface area contributed by atoms with Crippen molar-refractivity contribution in [2.75, 3.05) is 40.3 Å². The minimum Gasteiger partial charge on any atom is -0.337 e. The molecule has 0 aromatic heterocycles. The Morgan fingerprint density at radius 3 is 2.36 bits per heavy atom. The van der Waals surface area contributed by atoms with E-state index in [0.717, 1.165) is 26.2 Å². The Bertz CT molecular complexity index is 448. The number of nitrogens with one attached hydrogen (secondary N) is 1. The van der Waals surface area contributed by atoms with Crippen molar-refractivity contribution in [3.05, 3.63) is 35.9 Å². The molecule has 1 aromatic rings. The van der Waals surface area contributed by atoms with E-state index >= 15 is 0 Å². The van der Waals surface area contributed by atoms with Gasteiger partial charge in [0.15, 0.2) is 0 Å². The van der Waals surface area contributed by atoms with Gasteiger partial charge in [-0.3, -0.25) is 4.79 Å². The van der Waals surface area contributed by atoms with Gasteiger partial charge in [0.05, 0.1) is 0 Å². The first kappa shape index (κ1) is 18.9. The van der Waals surface area contributed by atoms with Gasteiger partial charge in [0.1, 0.15) is 0 Å². The predicted molar refractivity (Wildman–Crippen MR) is 93.2 cm³/mol. The minimum atomic E-state index is 0. The number of nitrogens with zero attached hydrogens (tertiary/aromatic N) is 2. The van der Waals surface area contributed by atoms with E-state index in [1.54, 1.807) is 0 Å². The Kier molecular flexibility index (Phi) is 7.87. The van der Waals surface area contributed by atoms with Gasteiger partial charge >= 0.3 is 0 Å². The molecule has 0 saturated carbocycles. The van der Waals surface area contributed by atoms with Crippen LogP contribution in [0.15, 0.2) is 30.3 Å². The van der Waals surface area contributed by atoms with Gasteiger partial charge in [-0.2, -0.15) is 0 Å². The zero-order valence-corrected chi connectivity index (χ0v) is 14.6. The Morgan fingerprint density at radius 1 is 1.23 bits per heavy atom. The van der Waals surface area contributed by atoms with Crippen LogP contribution in [0.5, 0.6) is 0 Å². The molecule has 1 aliphatic heterocycles. The summed E-state index contributed by atoms with van der Waals surface area (Å²) >= 11 is 0. The number of hydrogen-bond donors (Lipinski definition) is 1. The Hall–Kier alpha value is -1.10. The molecule has 0 spiro atoms. The number of carbonyl (C=O) groups is 1. The summed E-state index contributed by atoms with van der Waals surface area (Å²) in [7, 11) is 4.09. The third-order valence-corrected chi connectivity index (χ3v) is 4.25. The lowest BCUT2D eigenvalue weighted by Gasteiger charge is -2.35. The maximum atomic E-state index is 12.8. The maximum absolute atomic E-state index is 12.8. The van der Waals surface area contributed by atoms with Crippen molar-refractivity contribution in [2.45, 2.75) is 13.5 Å². The normalized spacial score (nSPS) is 15.8. The molecule has 1 aromatic carbocycles. The fourth-order valence-corrected chi connectivity index (χ4v) is 2.55. The molecule has 5 heteroatoms. The first-order chi connectivity index (χ1) is 10.1. The van der Waals surface area contributed by atoms with Gasteiger partial charge in [-0.05, 0) is 38.7 Å². The molecule has 1 atom stereocenters. The van der Waals surface area contributed by atoms with Crippen molar-refractivity contribution >= 4 is 18.3 Å². The van der Waals surface area contributed by atoms with Gasteiger partial charge in [0.25, 0.3) is 0 Å². The van der Waals surface area contributed by atoms with Crippen LogP contribution in [-0.2, 0) is 11.3 Å². The lowest BCUT2D eigenvalue weighted by Crippen LogP contribution is -2.51. The summed E-state index contributed by atoms with van der Waals surface area (Å²) in [5.41, 5.74) is 1.20. The van der Waals surface area contributed by atoms with E-state index in [2.05, 4.69) is 29.3 Å². The average Bonchev–Trinajstić information content (AvgIpc) is 2.41. The number of amides is 1. The summed E-state index contributed by atoms with van der Waals surface area (Å²) in [6.45, 7) is 6.40. The van der Waals surface area contributed by atoms with Crippen LogP contribution in [-0.4, -0.2) is 56.0 Å². The molecule has 1 unspecified atom stereocenters. The fraction of sp³-hybridized carbons (Fsp3) is 0.588. The summed E-state index contributed by atoms with van der Waals surface area (Å²) in [6.07, 6.45) is 0. The van der Waals surface area contributed by atoms with Crippen molar-refractivity contribution in [3.8, 4) is 0 Å². The number of rotatable bonds is 7. The smallest absolute Gasteiger partial charge is 0.226 e. The number of halogens is 1. The van der Waals surface area contributed by atoms with Crippen LogP contribution in [0.25, 0.3) is 0 Å². The predicted octanol–water partition coefficient (Wildman–Crippen LogP) is 1.85. The number of benzene rings is 1. The van der Waals surface area contributed by atoms with E-state index in [1.165, 1.54) is 5.56 Å². The third kappa shape index (κ3) is 5.27. The molecule has 4 nitrogen and oxygen atoms in total. The van der Waals surface area contributed by atoms with E-state index < -0.39 is 0 Å². The molecule has 1 amide bonds. The molecule has 0 bridgehead atoms. The average molecular weight is 326 g/mol. The van der Waals surface area contributed by atoms with E-state index in [9.17, 15) is 4.79 Å². The molecule has 124 valence electrons. The largest absolute Gasteiger partial charge is 0.337 e. The highest BCUT2D eigenvalue weighted by molar-refractivity contribution is 5.85. The highest BCUT2D eigenvalue weighted by Gasteiger charge is 2.31. The first-order valence-corrected chi connectivity index (χ1v) is 7.76. The Morgan fingerprint density at radius 2 is 1.86 bits per heavy atom. The second-order valence-corrected chi connectivity index (χ2v) is 6.26. The van der Waals surface area contributed by atoms with E-state index in [1.807, 2.05) is 37.2 Å². The van der Waals surface area contributed by atoms with Gasteiger partial charge < -0.3 is 15.1 Å². The molecule has 1 fully saturated rings. The van der Waals surface area contributed by atoms with E-state index in [-0.39, 0.29) is 24.2 Å². The summed E-state index contributed by atoms with van der Waals surface area (Å²) in [6, 6.07) is 10.3. The molecule has 1 saturated heterocycles. The fourth-order valence-electron chi connectivity index (χ4n) is 2.55. The molecular weight excluding hydrogens is 298 g/mol. The van der Waals surface area contributed by atoms with Crippen molar-refractivity contribution in [2.24, 2.45) is 11.8 Å². The first-order valence-electron chi connectivity index (χ1n) is 7.76. The molecule has 1 N–H and O–H groups in total. The number of carbonyl (C=O) groups excluding carboxylic acids is 1. The molecule has 1 aliphatic rings. The quantitative estimate of drug-likeness (QED) is 0.831. The van der Waals surface area contributed by atoms with Crippen LogP contribution in [0, 0.1) is 11.8 Å². The molecule has 2 rings (SSSR count). The summed E-state index contributed by atoms with van der Waals surface area (Å²) in [5.74, 6) is 0.888. The van der Waals surface area contributed by atoms with Crippen molar-refractivity contribution in [1.82, 2.24) is 15.1 Å². The zero-order chi connectivity index (χ0) is 15.2. The van der Waals surface area contributed by atoms with Crippen LogP contribution < -0.4 is 5.32 Å². The van der Waals surface area contributed by atoms with E-state index in [4.69, 9.17) is 0 Å². The van der Waals surface area contributed by atoms with Crippen LogP contribution in [0.3, 0.4) is 0 Å². The monoisotopic (exact) mass is 325 g/mol. The summed E-state index contributed by atoms with van der Waals surface area (Å²) in [4.78, 5) is 16.9. The van der Waals surface area contributed by atoms with Gasteiger partial charge in [0.2, 0.25) is 5.91 Å². The minimum absolute atomic E-state index is 0. The lowest BCUT2D eigenvalue weighted by molar-refractivity contribution is -0.138. The summed E-state index contributed by atoms with van der Waals surface area (Å²) in [5, 5.41) is 3.26. The highest BCUT2D eigenvalue weighted by Crippen LogP contribution is 2.19. The Labute approximate surface area is 140 Å².